The lowest BCUT2D eigenvalue weighted by molar-refractivity contribution is -0.384. The first kappa shape index (κ1) is 17.3. The van der Waals surface area contributed by atoms with Crippen molar-refractivity contribution in [3.05, 3.63) is 58.1 Å². The number of ether oxygens (including phenoxy) is 1. The molecular weight excluding hydrogens is 330 g/mol. The average Bonchev–Trinajstić information content (AvgIpc) is 2.60. The smallest absolute Gasteiger partial charge is 0.296 e. The summed E-state index contributed by atoms with van der Waals surface area (Å²) < 4.78 is 4.95. The lowest BCUT2D eigenvalue weighted by Crippen LogP contribution is -2.15. The van der Waals surface area contributed by atoms with Crippen LogP contribution in [0, 0.1) is 21.4 Å². The summed E-state index contributed by atoms with van der Waals surface area (Å²) >= 11 is 1.27. The van der Waals surface area contributed by atoms with Gasteiger partial charge in [-0.15, -0.1) is 11.8 Å². The van der Waals surface area contributed by atoms with Crippen molar-refractivity contribution in [3.8, 4) is 11.8 Å². The predicted molar refractivity (Wildman–Crippen MR) is 90.2 cm³/mol. The lowest BCUT2D eigenvalue weighted by atomic mass is 10.2. The van der Waals surface area contributed by atoms with Crippen molar-refractivity contribution < 1.29 is 14.5 Å². The maximum absolute atomic E-state index is 12.0. The van der Waals surface area contributed by atoms with E-state index in [2.05, 4.69) is 5.32 Å². The number of nitro groups is 1. The molecule has 0 radical (unpaired) electrons. The fourth-order valence-electron chi connectivity index (χ4n) is 1.86. The second kappa shape index (κ2) is 7.99. The summed E-state index contributed by atoms with van der Waals surface area (Å²) in [4.78, 5) is 23.3. The van der Waals surface area contributed by atoms with Crippen LogP contribution in [0.15, 0.2) is 47.4 Å². The van der Waals surface area contributed by atoms with E-state index in [1.807, 2.05) is 6.07 Å². The molecule has 0 bridgehead atoms. The van der Waals surface area contributed by atoms with Gasteiger partial charge in [0, 0.05) is 4.90 Å². The van der Waals surface area contributed by atoms with Gasteiger partial charge in [-0.05, 0) is 36.4 Å². The molecule has 0 aliphatic carbocycles. The van der Waals surface area contributed by atoms with E-state index in [0.29, 0.717) is 11.3 Å². The Balaban J connectivity index is 2.01. The molecule has 2 aromatic rings. The van der Waals surface area contributed by atoms with Crippen LogP contribution in [0.2, 0.25) is 0 Å². The normalized spacial score (nSPS) is 9.83. The van der Waals surface area contributed by atoms with Crippen molar-refractivity contribution in [2.24, 2.45) is 0 Å². The molecule has 0 saturated heterocycles. The second-order valence-corrected chi connectivity index (χ2v) is 5.66. The Labute approximate surface area is 142 Å². The molecule has 0 heterocycles. The van der Waals surface area contributed by atoms with Crippen molar-refractivity contribution in [2.75, 3.05) is 18.2 Å². The number of nitriles is 1. The molecule has 1 amide bonds. The molecule has 0 fully saturated rings. The van der Waals surface area contributed by atoms with Crippen molar-refractivity contribution in [1.82, 2.24) is 0 Å². The summed E-state index contributed by atoms with van der Waals surface area (Å²) in [6, 6.07) is 13.0. The fourth-order valence-corrected chi connectivity index (χ4v) is 2.55. The number of carbonyl (C=O) groups excluding carboxylic acids is 1. The van der Waals surface area contributed by atoms with Crippen LogP contribution < -0.4 is 10.1 Å². The van der Waals surface area contributed by atoms with E-state index < -0.39 is 4.92 Å². The minimum absolute atomic E-state index is 0.0923. The van der Waals surface area contributed by atoms with Gasteiger partial charge in [0.15, 0.2) is 0 Å². The standard InChI is InChI=1S/C16H13N3O4S/c1-23-12-4-7-14(15(8-12)19(21)22)18-16(20)10-24-13-5-2-11(9-17)3-6-13/h2-8H,10H2,1H3,(H,18,20). The highest BCUT2D eigenvalue weighted by atomic mass is 32.2. The Morgan fingerprint density at radius 1 is 1.33 bits per heavy atom. The summed E-state index contributed by atoms with van der Waals surface area (Å²) in [7, 11) is 1.41. The van der Waals surface area contributed by atoms with Gasteiger partial charge in [-0.1, -0.05) is 0 Å². The van der Waals surface area contributed by atoms with Crippen LogP contribution >= 0.6 is 11.8 Å². The lowest BCUT2D eigenvalue weighted by Gasteiger charge is -2.07. The molecule has 0 spiro atoms. The number of nitro benzene ring substituents is 1. The minimum atomic E-state index is -0.577. The van der Waals surface area contributed by atoms with Crippen LogP contribution in [-0.4, -0.2) is 23.7 Å². The Morgan fingerprint density at radius 3 is 2.62 bits per heavy atom. The van der Waals surface area contributed by atoms with Gasteiger partial charge in [-0.25, -0.2) is 0 Å². The van der Waals surface area contributed by atoms with Gasteiger partial charge in [0.2, 0.25) is 5.91 Å². The molecule has 1 N–H and O–H groups in total. The summed E-state index contributed by atoms with van der Waals surface area (Å²) in [6.07, 6.45) is 0. The van der Waals surface area contributed by atoms with Crippen molar-refractivity contribution >= 4 is 29.0 Å². The van der Waals surface area contributed by atoms with Crippen molar-refractivity contribution in [2.45, 2.75) is 4.90 Å². The molecule has 2 rings (SSSR count). The minimum Gasteiger partial charge on any atom is -0.496 e. The highest BCUT2D eigenvalue weighted by Gasteiger charge is 2.17. The topological polar surface area (TPSA) is 105 Å². The molecule has 2 aromatic carbocycles. The number of hydrogen-bond acceptors (Lipinski definition) is 6. The maximum atomic E-state index is 12.0. The zero-order valence-corrected chi connectivity index (χ0v) is 13.5. The van der Waals surface area contributed by atoms with E-state index in [0.717, 1.165) is 4.90 Å². The van der Waals surface area contributed by atoms with E-state index in [9.17, 15) is 14.9 Å². The number of carbonyl (C=O) groups is 1. The number of nitrogens with one attached hydrogen (secondary N) is 1. The van der Waals surface area contributed by atoms with E-state index in [-0.39, 0.29) is 23.0 Å². The van der Waals surface area contributed by atoms with Crippen LogP contribution in [0.1, 0.15) is 5.56 Å². The van der Waals surface area contributed by atoms with Gasteiger partial charge in [0.25, 0.3) is 5.69 Å². The number of hydrogen-bond donors (Lipinski definition) is 1. The largest absolute Gasteiger partial charge is 0.496 e. The van der Waals surface area contributed by atoms with Crippen LogP contribution in [0.5, 0.6) is 5.75 Å². The van der Waals surface area contributed by atoms with Gasteiger partial charge < -0.3 is 10.1 Å². The first-order valence-corrected chi connectivity index (χ1v) is 7.77. The van der Waals surface area contributed by atoms with E-state index in [4.69, 9.17) is 10.00 Å². The summed E-state index contributed by atoms with van der Waals surface area (Å²) in [5.74, 6) is 0.0685. The molecule has 122 valence electrons. The Hall–Kier alpha value is -3.05. The second-order valence-electron chi connectivity index (χ2n) is 4.61. The van der Waals surface area contributed by atoms with E-state index in [1.54, 1.807) is 24.3 Å². The maximum Gasteiger partial charge on any atom is 0.296 e. The summed E-state index contributed by atoms with van der Waals surface area (Å²) in [6.45, 7) is 0. The van der Waals surface area contributed by atoms with Crippen LogP contribution in [0.3, 0.4) is 0 Å². The van der Waals surface area contributed by atoms with Crippen LogP contribution in [0.25, 0.3) is 0 Å². The Bertz CT molecular complexity index is 800. The number of benzene rings is 2. The molecule has 24 heavy (non-hydrogen) atoms. The van der Waals surface area contributed by atoms with Gasteiger partial charge in [0.05, 0.1) is 35.5 Å². The number of amides is 1. The van der Waals surface area contributed by atoms with Crippen molar-refractivity contribution in [3.63, 3.8) is 0 Å². The third-order valence-electron chi connectivity index (χ3n) is 3.03. The van der Waals surface area contributed by atoms with Crippen molar-refractivity contribution in [1.29, 1.82) is 5.26 Å². The van der Waals surface area contributed by atoms with Gasteiger partial charge in [-0.3, -0.25) is 14.9 Å². The zero-order chi connectivity index (χ0) is 17.5. The molecular formula is C16H13N3O4S. The number of rotatable bonds is 6. The van der Waals surface area contributed by atoms with Gasteiger partial charge in [0.1, 0.15) is 11.4 Å². The predicted octanol–water partition coefficient (Wildman–Crippen LogP) is 3.21. The van der Waals surface area contributed by atoms with E-state index >= 15 is 0 Å². The first-order chi connectivity index (χ1) is 11.5. The number of nitrogens with zero attached hydrogens (tertiary/aromatic N) is 2. The molecule has 0 aromatic heterocycles. The zero-order valence-electron chi connectivity index (χ0n) is 12.7. The van der Waals surface area contributed by atoms with Crippen LogP contribution in [-0.2, 0) is 4.79 Å². The Morgan fingerprint density at radius 2 is 2.04 bits per heavy atom. The van der Waals surface area contributed by atoms with Crippen LogP contribution in [0.4, 0.5) is 11.4 Å². The molecule has 0 atom stereocenters. The molecule has 0 aliphatic heterocycles. The molecule has 0 saturated carbocycles. The fraction of sp³-hybridized carbons (Fsp3) is 0.125. The summed E-state index contributed by atoms with van der Waals surface area (Å²) in [5.41, 5.74) is 0.426. The molecule has 8 heteroatoms. The Kier molecular flexibility index (Phi) is 5.76. The van der Waals surface area contributed by atoms with Gasteiger partial charge in [-0.2, -0.15) is 5.26 Å². The monoisotopic (exact) mass is 343 g/mol. The number of thioether (sulfide) groups is 1. The highest BCUT2D eigenvalue weighted by molar-refractivity contribution is 8.00. The SMILES string of the molecule is COc1ccc(NC(=O)CSc2ccc(C#N)cc2)c([N+](=O)[O-])c1. The molecule has 7 nitrogen and oxygen atoms in total. The third-order valence-corrected chi connectivity index (χ3v) is 4.04. The molecule has 0 aliphatic rings. The highest BCUT2D eigenvalue weighted by Crippen LogP contribution is 2.29. The third kappa shape index (κ3) is 4.47. The number of methoxy groups -OCH3 is 1. The van der Waals surface area contributed by atoms with Gasteiger partial charge >= 0.3 is 0 Å². The quantitative estimate of drug-likeness (QED) is 0.490. The summed E-state index contributed by atoms with van der Waals surface area (Å²) in [5, 5.41) is 22.3. The average molecular weight is 343 g/mol. The first-order valence-electron chi connectivity index (χ1n) is 6.78. The number of anilines is 1. The van der Waals surface area contributed by atoms with E-state index in [1.165, 1.54) is 37.1 Å². The molecule has 0 unspecified atom stereocenters.